The summed E-state index contributed by atoms with van der Waals surface area (Å²) >= 11 is 0. The van der Waals surface area contributed by atoms with Crippen LogP contribution in [-0.2, 0) is 33.1 Å². The van der Waals surface area contributed by atoms with Gasteiger partial charge in [0.15, 0.2) is 0 Å². The SMILES string of the molecule is CC(C)(C)OC(=O)N[C@]1(OCc2ccccn2)C(=O)N(Cc2ccccc2)c2ccccc21. The summed E-state index contributed by atoms with van der Waals surface area (Å²) in [5.74, 6) is -0.394. The van der Waals surface area contributed by atoms with Gasteiger partial charge in [-0.2, -0.15) is 0 Å². The van der Waals surface area contributed by atoms with Crippen molar-refractivity contribution in [2.75, 3.05) is 4.90 Å². The number of anilines is 1. The van der Waals surface area contributed by atoms with Gasteiger partial charge in [0.05, 0.1) is 24.5 Å². The average molecular weight is 446 g/mol. The molecular formula is C26H27N3O4. The lowest BCUT2D eigenvalue weighted by Gasteiger charge is -2.31. The van der Waals surface area contributed by atoms with Gasteiger partial charge in [-0.05, 0) is 44.5 Å². The Morgan fingerprint density at radius 2 is 1.70 bits per heavy atom. The van der Waals surface area contributed by atoms with Crippen LogP contribution in [0.15, 0.2) is 79.0 Å². The Morgan fingerprint density at radius 3 is 2.39 bits per heavy atom. The van der Waals surface area contributed by atoms with Crippen LogP contribution < -0.4 is 10.2 Å². The maximum absolute atomic E-state index is 13.9. The molecule has 1 aliphatic heterocycles. The van der Waals surface area contributed by atoms with Crippen LogP contribution in [0.25, 0.3) is 0 Å². The Kier molecular flexibility index (Phi) is 6.16. The van der Waals surface area contributed by atoms with Crippen LogP contribution in [0.2, 0.25) is 0 Å². The molecule has 0 unspecified atom stereocenters. The van der Waals surface area contributed by atoms with Gasteiger partial charge in [0.2, 0.25) is 0 Å². The first-order valence-electron chi connectivity index (χ1n) is 10.8. The summed E-state index contributed by atoms with van der Waals surface area (Å²) in [5.41, 5.74) is 0.326. The van der Waals surface area contributed by atoms with Gasteiger partial charge in [-0.15, -0.1) is 0 Å². The Morgan fingerprint density at radius 1 is 1.00 bits per heavy atom. The van der Waals surface area contributed by atoms with Crippen molar-refractivity contribution in [2.24, 2.45) is 0 Å². The van der Waals surface area contributed by atoms with Crippen LogP contribution >= 0.6 is 0 Å². The van der Waals surface area contributed by atoms with E-state index in [9.17, 15) is 9.59 Å². The molecule has 4 rings (SSSR count). The average Bonchev–Trinajstić information content (AvgIpc) is 3.01. The fraction of sp³-hybridized carbons (Fsp3) is 0.269. The second-order valence-corrected chi connectivity index (χ2v) is 8.81. The lowest BCUT2D eigenvalue weighted by Crippen LogP contribution is -2.55. The molecule has 2 amide bonds. The molecule has 33 heavy (non-hydrogen) atoms. The van der Waals surface area contributed by atoms with Gasteiger partial charge >= 0.3 is 6.09 Å². The van der Waals surface area contributed by atoms with E-state index < -0.39 is 23.3 Å². The summed E-state index contributed by atoms with van der Waals surface area (Å²) in [5, 5.41) is 2.74. The number of fused-ring (bicyclic) bond motifs is 1. The number of rotatable bonds is 6. The summed E-state index contributed by atoms with van der Waals surface area (Å²) in [4.78, 5) is 32.7. The number of benzene rings is 2. The van der Waals surface area contributed by atoms with Gasteiger partial charge in [0, 0.05) is 11.8 Å². The second-order valence-electron chi connectivity index (χ2n) is 8.81. The molecule has 0 saturated heterocycles. The minimum atomic E-state index is -1.74. The second kappa shape index (κ2) is 9.03. The normalized spacial score (nSPS) is 17.5. The zero-order valence-corrected chi connectivity index (χ0v) is 18.9. The molecule has 170 valence electrons. The van der Waals surface area contributed by atoms with Crippen molar-refractivity contribution in [2.45, 2.75) is 45.2 Å². The number of hydrogen-bond donors (Lipinski definition) is 1. The van der Waals surface area contributed by atoms with Crippen LogP contribution in [0, 0.1) is 0 Å². The fourth-order valence-electron chi connectivity index (χ4n) is 3.75. The monoisotopic (exact) mass is 445 g/mol. The van der Waals surface area contributed by atoms with Crippen molar-refractivity contribution < 1.29 is 19.1 Å². The molecule has 1 atom stereocenters. The van der Waals surface area contributed by atoms with Crippen molar-refractivity contribution in [3.63, 3.8) is 0 Å². The minimum Gasteiger partial charge on any atom is -0.444 e. The number of alkyl carbamates (subject to hydrolysis) is 1. The quantitative estimate of drug-likeness (QED) is 0.564. The molecule has 0 radical (unpaired) electrons. The van der Waals surface area contributed by atoms with Crippen LogP contribution in [0.1, 0.15) is 37.6 Å². The van der Waals surface area contributed by atoms with Crippen molar-refractivity contribution in [1.29, 1.82) is 0 Å². The molecule has 0 saturated carbocycles. The number of nitrogens with one attached hydrogen (secondary N) is 1. The third kappa shape index (κ3) is 4.88. The number of carbonyl (C=O) groups is 2. The lowest BCUT2D eigenvalue weighted by atomic mass is 10.0. The van der Waals surface area contributed by atoms with Gasteiger partial charge in [-0.1, -0.05) is 54.6 Å². The van der Waals surface area contributed by atoms with Gasteiger partial charge in [0.25, 0.3) is 11.6 Å². The van der Waals surface area contributed by atoms with Gasteiger partial charge < -0.3 is 14.4 Å². The van der Waals surface area contributed by atoms with Gasteiger partial charge in [0.1, 0.15) is 5.60 Å². The third-order valence-corrected chi connectivity index (χ3v) is 5.14. The summed E-state index contributed by atoms with van der Waals surface area (Å²) in [6, 6.07) is 22.4. The molecular weight excluding hydrogens is 418 g/mol. The number of aromatic nitrogens is 1. The molecule has 1 N–H and O–H groups in total. The predicted octanol–water partition coefficient (Wildman–Crippen LogP) is 4.52. The summed E-state index contributed by atoms with van der Waals surface area (Å²) in [6.45, 7) is 5.65. The number of carbonyl (C=O) groups excluding carboxylic acids is 2. The number of para-hydroxylation sites is 1. The van der Waals surface area contributed by atoms with E-state index in [1.54, 1.807) is 50.1 Å². The Bertz CT molecular complexity index is 1130. The molecule has 2 aromatic carbocycles. The first kappa shape index (κ1) is 22.5. The molecule has 1 aliphatic rings. The standard InChI is InChI=1S/C26H27N3O4/c1-25(2,3)33-24(31)28-26(32-18-20-13-9-10-16-27-20)21-14-7-8-15-22(21)29(23(26)30)17-19-11-5-4-6-12-19/h4-16H,17-18H2,1-3H3,(H,28,31)/t26-/m1/s1. The van der Waals surface area contributed by atoms with Crippen LogP contribution in [0.4, 0.5) is 10.5 Å². The van der Waals surface area contributed by atoms with Gasteiger partial charge in [-0.25, -0.2) is 4.79 Å². The van der Waals surface area contributed by atoms with Crippen molar-refractivity contribution in [3.8, 4) is 0 Å². The van der Waals surface area contributed by atoms with Crippen molar-refractivity contribution in [3.05, 3.63) is 95.8 Å². The summed E-state index contributed by atoms with van der Waals surface area (Å²) in [6.07, 6.45) is 0.909. The number of amides is 2. The molecule has 0 spiro atoms. The Labute approximate surface area is 193 Å². The number of nitrogens with zero attached hydrogens (tertiary/aromatic N) is 2. The lowest BCUT2D eigenvalue weighted by molar-refractivity contribution is -0.151. The maximum Gasteiger partial charge on any atom is 0.410 e. The van der Waals surface area contributed by atoms with Crippen molar-refractivity contribution in [1.82, 2.24) is 10.3 Å². The highest BCUT2D eigenvalue weighted by atomic mass is 16.6. The molecule has 7 heteroatoms. The molecule has 0 aliphatic carbocycles. The third-order valence-electron chi connectivity index (χ3n) is 5.14. The molecule has 2 heterocycles. The van der Waals surface area contributed by atoms with E-state index in [2.05, 4.69) is 10.3 Å². The molecule has 1 aromatic heterocycles. The topological polar surface area (TPSA) is 80.8 Å². The zero-order chi connectivity index (χ0) is 23.5. The summed E-state index contributed by atoms with van der Waals surface area (Å²) in [7, 11) is 0. The van der Waals surface area contributed by atoms with Gasteiger partial charge in [-0.3, -0.25) is 15.1 Å². The Balaban J connectivity index is 1.73. The fourth-order valence-corrected chi connectivity index (χ4v) is 3.75. The molecule has 7 nitrogen and oxygen atoms in total. The van der Waals surface area contributed by atoms with E-state index in [0.29, 0.717) is 23.5 Å². The van der Waals surface area contributed by atoms with Crippen LogP contribution in [-0.4, -0.2) is 22.6 Å². The number of hydrogen-bond acceptors (Lipinski definition) is 5. The predicted molar refractivity (Wildman–Crippen MR) is 124 cm³/mol. The van der Waals surface area contributed by atoms with E-state index in [-0.39, 0.29) is 6.61 Å². The highest BCUT2D eigenvalue weighted by Crippen LogP contribution is 2.42. The minimum absolute atomic E-state index is 0.0237. The van der Waals surface area contributed by atoms with E-state index in [0.717, 1.165) is 5.56 Å². The maximum atomic E-state index is 13.9. The highest BCUT2D eigenvalue weighted by molar-refractivity contribution is 6.08. The Hall–Kier alpha value is -3.71. The molecule has 0 bridgehead atoms. The van der Waals surface area contributed by atoms with Crippen LogP contribution in [0.3, 0.4) is 0 Å². The molecule has 3 aromatic rings. The number of pyridine rings is 1. The molecule has 0 fully saturated rings. The first-order chi connectivity index (χ1) is 15.8. The van der Waals surface area contributed by atoms with E-state index in [1.807, 2.05) is 54.6 Å². The number of ether oxygens (including phenoxy) is 2. The largest absolute Gasteiger partial charge is 0.444 e. The van der Waals surface area contributed by atoms with E-state index in [1.165, 1.54) is 0 Å². The highest BCUT2D eigenvalue weighted by Gasteiger charge is 2.54. The van der Waals surface area contributed by atoms with E-state index in [4.69, 9.17) is 9.47 Å². The first-order valence-corrected chi connectivity index (χ1v) is 10.8. The summed E-state index contributed by atoms with van der Waals surface area (Å²) < 4.78 is 11.7. The van der Waals surface area contributed by atoms with Crippen molar-refractivity contribution >= 4 is 17.7 Å². The van der Waals surface area contributed by atoms with Crippen LogP contribution in [0.5, 0.6) is 0 Å². The smallest absolute Gasteiger partial charge is 0.410 e. The van der Waals surface area contributed by atoms with E-state index >= 15 is 0 Å². The zero-order valence-electron chi connectivity index (χ0n) is 18.9.